The highest BCUT2D eigenvalue weighted by Gasteiger charge is 2.15. The van der Waals surface area contributed by atoms with E-state index in [0.29, 0.717) is 12.1 Å². The molecule has 0 saturated carbocycles. The third kappa shape index (κ3) is 2.31. The van der Waals surface area contributed by atoms with Crippen LogP contribution in [0.25, 0.3) is 10.9 Å². The molecule has 4 heteroatoms. The molecule has 0 bridgehead atoms. The molecule has 2 aromatic rings. The van der Waals surface area contributed by atoms with Gasteiger partial charge < -0.3 is 15.0 Å². The van der Waals surface area contributed by atoms with Crippen LogP contribution in [-0.2, 0) is 0 Å². The maximum absolute atomic E-state index is 12.2. The number of H-pyrrole nitrogens is 1. The lowest BCUT2D eigenvalue weighted by atomic mass is 10.1. The van der Waals surface area contributed by atoms with Gasteiger partial charge in [-0.05, 0) is 25.1 Å². The smallest absolute Gasteiger partial charge is 0.254 e. The highest BCUT2D eigenvalue weighted by Crippen LogP contribution is 2.18. The van der Waals surface area contributed by atoms with Gasteiger partial charge in [-0.2, -0.15) is 0 Å². The predicted octanol–water partition coefficient (Wildman–Crippen LogP) is 1.62. The molecule has 0 saturated heterocycles. The third-order valence-corrected chi connectivity index (χ3v) is 2.71. The second kappa shape index (κ2) is 4.59. The fourth-order valence-electron chi connectivity index (χ4n) is 1.96. The monoisotopic (exact) mass is 232 g/mol. The maximum atomic E-state index is 12.2. The van der Waals surface area contributed by atoms with Crippen molar-refractivity contribution >= 4 is 16.8 Å². The summed E-state index contributed by atoms with van der Waals surface area (Å²) in [7, 11) is 1.69. The largest absolute Gasteiger partial charge is 0.392 e. The molecule has 0 aliphatic carbocycles. The lowest BCUT2D eigenvalue weighted by Gasteiger charge is -2.19. The number of nitrogens with zero attached hydrogens (tertiary/aromatic N) is 1. The fraction of sp³-hybridized carbons (Fsp3) is 0.308. The predicted molar refractivity (Wildman–Crippen MR) is 66.9 cm³/mol. The summed E-state index contributed by atoms with van der Waals surface area (Å²) in [5.41, 5.74) is 1.60. The highest BCUT2D eigenvalue weighted by atomic mass is 16.3. The van der Waals surface area contributed by atoms with Crippen LogP contribution < -0.4 is 0 Å². The van der Waals surface area contributed by atoms with Crippen LogP contribution in [0.15, 0.2) is 30.5 Å². The molecule has 0 fully saturated rings. The van der Waals surface area contributed by atoms with Crippen LogP contribution in [-0.4, -0.2) is 40.6 Å². The molecule has 90 valence electrons. The van der Waals surface area contributed by atoms with Crippen molar-refractivity contribution < 1.29 is 9.90 Å². The highest BCUT2D eigenvalue weighted by molar-refractivity contribution is 6.06. The topological polar surface area (TPSA) is 56.3 Å². The van der Waals surface area contributed by atoms with Gasteiger partial charge in [0.2, 0.25) is 0 Å². The van der Waals surface area contributed by atoms with Gasteiger partial charge in [0.15, 0.2) is 0 Å². The summed E-state index contributed by atoms with van der Waals surface area (Å²) < 4.78 is 0. The minimum Gasteiger partial charge on any atom is -0.392 e. The number of likely N-dealkylation sites (N-methyl/N-ethyl adjacent to an activating group) is 1. The first-order chi connectivity index (χ1) is 8.09. The normalized spacial score (nSPS) is 12.6. The van der Waals surface area contributed by atoms with E-state index in [4.69, 9.17) is 0 Å². The number of carbonyl (C=O) groups excluding carboxylic acids is 1. The van der Waals surface area contributed by atoms with Crippen LogP contribution in [0.2, 0.25) is 0 Å². The van der Waals surface area contributed by atoms with Crippen molar-refractivity contribution in [2.45, 2.75) is 13.0 Å². The van der Waals surface area contributed by atoms with Crippen LogP contribution in [0.1, 0.15) is 17.3 Å². The summed E-state index contributed by atoms with van der Waals surface area (Å²) in [6, 6.07) is 7.47. The number of rotatable bonds is 3. The Balaban J connectivity index is 2.33. The molecule has 1 aromatic carbocycles. The van der Waals surface area contributed by atoms with Gasteiger partial charge in [-0.3, -0.25) is 4.79 Å². The molecule has 0 aliphatic heterocycles. The molecule has 0 spiro atoms. The van der Waals surface area contributed by atoms with Gasteiger partial charge in [-0.1, -0.05) is 6.07 Å². The number of aliphatic hydroxyl groups excluding tert-OH is 1. The number of carbonyl (C=O) groups is 1. The zero-order chi connectivity index (χ0) is 12.4. The summed E-state index contributed by atoms with van der Waals surface area (Å²) in [4.78, 5) is 16.8. The van der Waals surface area contributed by atoms with E-state index in [1.165, 1.54) is 4.90 Å². The molecule has 2 rings (SSSR count). The SMILES string of the molecule is CC(O)CN(C)C(=O)c1cccc2[nH]ccc12. The van der Waals surface area contributed by atoms with Gasteiger partial charge >= 0.3 is 0 Å². The number of amides is 1. The zero-order valence-electron chi connectivity index (χ0n) is 9.97. The summed E-state index contributed by atoms with van der Waals surface area (Å²) in [6.07, 6.45) is 1.30. The van der Waals surface area contributed by atoms with E-state index in [1.807, 2.05) is 24.4 Å². The molecule has 2 N–H and O–H groups in total. The minimum atomic E-state index is -0.519. The molecule has 1 aromatic heterocycles. The Morgan fingerprint density at radius 3 is 2.94 bits per heavy atom. The molecule has 1 amide bonds. The van der Waals surface area contributed by atoms with E-state index < -0.39 is 6.10 Å². The van der Waals surface area contributed by atoms with Gasteiger partial charge in [0, 0.05) is 36.3 Å². The van der Waals surface area contributed by atoms with E-state index in [9.17, 15) is 9.90 Å². The van der Waals surface area contributed by atoms with Gasteiger partial charge in [0.05, 0.1) is 6.10 Å². The van der Waals surface area contributed by atoms with Crippen LogP contribution >= 0.6 is 0 Å². The summed E-state index contributed by atoms with van der Waals surface area (Å²) in [6.45, 7) is 2.00. The van der Waals surface area contributed by atoms with Gasteiger partial charge in [-0.25, -0.2) is 0 Å². The number of aromatic nitrogens is 1. The van der Waals surface area contributed by atoms with Crippen molar-refractivity contribution in [1.29, 1.82) is 0 Å². The van der Waals surface area contributed by atoms with Gasteiger partial charge in [0.25, 0.3) is 5.91 Å². The number of aromatic amines is 1. The van der Waals surface area contributed by atoms with Crippen molar-refractivity contribution in [3.05, 3.63) is 36.0 Å². The second-order valence-corrected chi connectivity index (χ2v) is 4.28. The standard InChI is InChI=1S/C13H16N2O2/c1-9(16)8-15(2)13(17)11-4-3-5-12-10(11)6-7-14-12/h3-7,9,14,16H,8H2,1-2H3. The maximum Gasteiger partial charge on any atom is 0.254 e. The zero-order valence-corrected chi connectivity index (χ0v) is 9.97. The molecular formula is C13H16N2O2. The molecule has 1 atom stereocenters. The first kappa shape index (κ1) is 11.7. The van der Waals surface area contributed by atoms with Crippen molar-refractivity contribution in [1.82, 2.24) is 9.88 Å². The van der Waals surface area contributed by atoms with E-state index in [-0.39, 0.29) is 5.91 Å². The number of aliphatic hydroxyl groups is 1. The quantitative estimate of drug-likeness (QED) is 0.845. The van der Waals surface area contributed by atoms with Crippen molar-refractivity contribution in [2.24, 2.45) is 0 Å². The van der Waals surface area contributed by atoms with Crippen molar-refractivity contribution in [2.75, 3.05) is 13.6 Å². The van der Waals surface area contributed by atoms with Crippen molar-refractivity contribution in [3.8, 4) is 0 Å². The summed E-state index contributed by atoms with van der Waals surface area (Å²) in [5.74, 6) is -0.0731. The number of fused-ring (bicyclic) bond motifs is 1. The summed E-state index contributed by atoms with van der Waals surface area (Å²) >= 11 is 0. The third-order valence-electron chi connectivity index (χ3n) is 2.71. The average molecular weight is 232 g/mol. The molecule has 1 heterocycles. The molecule has 17 heavy (non-hydrogen) atoms. The number of nitrogens with one attached hydrogen (secondary N) is 1. The van der Waals surface area contributed by atoms with E-state index in [0.717, 1.165) is 10.9 Å². The van der Waals surface area contributed by atoms with E-state index in [2.05, 4.69) is 4.98 Å². The Morgan fingerprint density at radius 1 is 1.47 bits per heavy atom. The van der Waals surface area contributed by atoms with E-state index >= 15 is 0 Å². The lowest BCUT2D eigenvalue weighted by molar-refractivity contribution is 0.0705. The summed E-state index contributed by atoms with van der Waals surface area (Å²) in [5, 5.41) is 10.2. The van der Waals surface area contributed by atoms with Crippen LogP contribution in [0, 0.1) is 0 Å². The molecule has 4 nitrogen and oxygen atoms in total. The molecular weight excluding hydrogens is 216 g/mol. The fourth-order valence-corrected chi connectivity index (χ4v) is 1.96. The average Bonchev–Trinajstić information content (AvgIpc) is 2.74. The lowest BCUT2D eigenvalue weighted by Crippen LogP contribution is -2.33. The minimum absolute atomic E-state index is 0.0731. The number of benzene rings is 1. The van der Waals surface area contributed by atoms with E-state index in [1.54, 1.807) is 20.0 Å². The molecule has 0 aliphatic rings. The van der Waals surface area contributed by atoms with Crippen LogP contribution in [0.4, 0.5) is 0 Å². The molecule has 1 unspecified atom stereocenters. The van der Waals surface area contributed by atoms with Crippen molar-refractivity contribution in [3.63, 3.8) is 0 Å². The first-order valence-electron chi connectivity index (χ1n) is 5.59. The molecule has 0 radical (unpaired) electrons. The Hall–Kier alpha value is -1.81. The Bertz CT molecular complexity index is 531. The first-order valence-corrected chi connectivity index (χ1v) is 5.59. The van der Waals surface area contributed by atoms with Gasteiger partial charge in [0.1, 0.15) is 0 Å². The van der Waals surface area contributed by atoms with Crippen LogP contribution in [0.3, 0.4) is 0 Å². The Kier molecular flexibility index (Phi) is 3.15. The Labute approximate surface area is 99.9 Å². The number of hydrogen-bond donors (Lipinski definition) is 2. The van der Waals surface area contributed by atoms with Gasteiger partial charge in [-0.15, -0.1) is 0 Å². The Morgan fingerprint density at radius 2 is 2.24 bits per heavy atom. The van der Waals surface area contributed by atoms with Crippen LogP contribution in [0.5, 0.6) is 0 Å². The number of hydrogen-bond acceptors (Lipinski definition) is 2. The second-order valence-electron chi connectivity index (χ2n) is 4.28.